The molecule has 4 rings (SSSR count). The van der Waals surface area contributed by atoms with E-state index in [1.807, 2.05) is 0 Å². The third-order valence-corrected chi connectivity index (χ3v) is 4.36. The van der Waals surface area contributed by atoms with E-state index >= 15 is 0 Å². The number of carbonyl (C=O) groups excluding carboxylic acids is 2. The van der Waals surface area contributed by atoms with E-state index in [0.29, 0.717) is 17.1 Å². The minimum atomic E-state index is -0.700. The highest BCUT2D eigenvalue weighted by atomic mass is 19.1. The quantitative estimate of drug-likeness (QED) is 0.516. The number of nitrogens with zero attached hydrogens (tertiary/aromatic N) is 6. The topological polar surface area (TPSA) is 151 Å². The Morgan fingerprint density at radius 3 is 3.00 bits per heavy atom. The first-order chi connectivity index (χ1) is 15.5. The molecule has 1 aromatic carbocycles. The Bertz CT molecular complexity index is 1270. The van der Waals surface area contributed by atoms with Crippen molar-refractivity contribution < 1.29 is 14.0 Å². The van der Waals surface area contributed by atoms with Gasteiger partial charge in [0.15, 0.2) is 11.6 Å². The summed E-state index contributed by atoms with van der Waals surface area (Å²) >= 11 is 0. The number of tetrazole rings is 1. The molecule has 0 spiro atoms. The summed E-state index contributed by atoms with van der Waals surface area (Å²) in [6.45, 7) is 0. The highest BCUT2D eigenvalue weighted by Gasteiger charge is 2.20. The van der Waals surface area contributed by atoms with Gasteiger partial charge in [0, 0.05) is 36.4 Å². The van der Waals surface area contributed by atoms with Gasteiger partial charge in [-0.1, -0.05) is 24.3 Å². The molecule has 12 heteroatoms. The van der Waals surface area contributed by atoms with Crippen molar-refractivity contribution in [3.8, 4) is 11.4 Å². The summed E-state index contributed by atoms with van der Waals surface area (Å²) in [6, 6.07) is 6.92. The van der Waals surface area contributed by atoms with Crippen molar-refractivity contribution in [1.82, 2.24) is 35.9 Å². The summed E-state index contributed by atoms with van der Waals surface area (Å²) in [6.07, 6.45) is 5.62. The highest BCUT2D eigenvalue weighted by molar-refractivity contribution is 6.48. The number of carbonyl (C=O) groups is 2. The molecule has 0 bridgehead atoms. The zero-order valence-corrected chi connectivity index (χ0v) is 16.7. The number of likely N-dealkylation sites (N-methyl/N-ethyl adjacent to an activating group) is 1. The molecule has 2 heterocycles. The van der Waals surface area contributed by atoms with Crippen LogP contribution in [0.1, 0.15) is 6.42 Å². The Morgan fingerprint density at radius 1 is 1.34 bits per heavy atom. The Morgan fingerprint density at radius 2 is 2.22 bits per heavy atom. The summed E-state index contributed by atoms with van der Waals surface area (Å²) in [5, 5.41) is 19.0. The molecular formula is C20H16FN9O2. The van der Waals surface area contributed by atoms with Crippen LogP contribution in [0, 0.1) is 5.82 Å². The molecule has 3 N–H and O–H groups in total. The lowest BCUT2D eigenvalue weighted by Crippen LogP contribution is -2.22. The number of halogens is 1. The fourth-order valence-electron chi connectivity index (χ4n) is 2.83. The van der Waals surface area contributed by atoms with Gasteiger partial charge in [0.25, 0.3) is 5.95 Å². The lowest BCUT2D eigenvalue weighted by molar-refractivity contribution is -0.116. The summed E-state index contributed by atoms with van der Waals surface area (Å²) in [7, 11) is 1.46. The van der Waals surface area contributed by atoms with E-state index in [2.05, 4.69) is 46.2 Å². The van der Waals surface area contributed by atoms with Crippen LogP contribution >= 0.6 is 0 Å². The number of Topliss-reactive ketones (excluding diaryl/α,β-unsaturated/α-hetero) is 1. The van der Waals surface area contributed by atoms with Gasteiger partial charge in [0.05, 0.1) is 11.9 Å². The number of anilines is 2. The first kappa shape index (κ1) is 20.7. The molecule has 0 atom stereocenters. The lowest BCUT2D eigenvalue weighted by atomic mass is 9.98. The zero-order valence-electron chi connectivity index (χ0n) is 16.7. The van der Waals surface area contributed by atoms with Gasteiger partial charge < -0.3 is 10.6 Å². The molecule has 0 aliphatic heterocycles. The van der Waals surface area contributed by atoms with Gasteiger partial charge in [-0.05, 0) is 17.3 Å². The molecule has 1 aliphatic rings. The fraction of sp³-hybridized carbons (Fsp3) is 0.100. The third-order valence-electron chi connectivity index (χ3n) is 4.36. The normalized spacial score (nSPS) is 15.9. The van der Waals surface area contributed by atoms with E-state index in [9.17, 15) is 14.0 Å². The predicted octanol–water partition coefficient (Wildman–Crippen LogP) is 1.81. The van der Waals surface area contributed by atoms with Crippen LogP contribution in [0.5, 0.6) is 0 Å². The Kier molecular flexibility index (Phi) is 5.83. The van der Waals surface area contributed by atoms with Gasteiger partial charge in [0.1, 0.15) is 0 Å². The minimum absolute atomic E-state index is 0.0961. The number of amides is 1. The molecule has 0 radical (unpaired) electrons. The van der Waals surface area contributed by atoms with E-state index < -0.39 is 17.5 Å². The van der Waals surface area contributed by atoms with Crippen molar-refractivity contribution >= 4 is 34.9 Å². The molecule has 11 nitrogen and oxygen atoms in total. The average Bonchev–Trinajstić information content (AvgIpc) is 3.34. The maximum atomic E-state index is 14.3. The molecule has 2 aromatic heterocycles. The molecule has 3 aromatic rings. The Labute approximate surface area is 180 Å². The number of nitrogens with one attached hydrogen (secondary N) is 3. The monoisotopic (exact) mass is 433 g/mol. The summed E-state index contributed by atoms with van der Waals surface area (Å²) < 4.78 is 14.3. The van der Waals surface area contributed by atoms with Crippen molar-refractivity contribution in [2.75, 3.05) is 12.4 Å². The smallest absolute Gasteiger partial charge is 0.251 e. The number of aromatic amines is 1. The Hall–Kier alpha value is -4.61. The maximum absolute atomic E-state index is 14.3. The van der Waals surface area contributed by atoms with Gasteiger partial charge in [-0.3, -0.25) is 9.59 Å². The SMILES string of the molecule is CNC(=O)C=C1C=CCC(=Nc2ncc(F)c(Nc3cccc(-c4nn[nH]n4)c3)n2)C1=O. The molecular weight excluding hydrogens is 417 g/mol. The molecule has 0 unspecified atom stereocenters. The van der Waals surface area contributed by atoms with Crippen LogP contribution in [0.3, 0.4) is 0 Å². The first-order valence-corrected chi connectivity index (χ1v) is 9.39. The molecule has 1 aliphatic carbocycles. The van der Waals surface area contributed by atoms with Crippen LogP contribution in [0.4, 0.5) is 21.8 Å². The second kappa shape index (κ2) is 9.04. The number of allylic oxidation sites excluding steroid dienone is 3. The standard InChI is InChI=1S/C20H16FN9O2/c1-22-16(31)9-11-4-3-7-15(17(11)32)25-20-23-10-14(21)19(26-20)24-13-6-2-5-12(8-13)18-27-29-30-28-18/h2-6,8-10H,7H2,1H3,(H,22,31)(H,23,24,26)(H,27,28,29,30). The Balaban J connectivity index is 1.59. The number of hydrogen-bond donors (Lipinski definition) is 3. The van der Waals surface area contributed by atoms with Crippen LogP contribution in [0.2, 0.25) is 0 Å². The van der Waals surface area contributed by atoms with Crippen molar-refractivity contribution in [1.29, 1.82) is 0 Å². The maximum Gasteiger partial charge on any atom is 0.251 e. The van der Waals surface area contributed by atoms with Gasteiger partial charge in [0.2, 0.25) is 17.5 Å². The number of rotatable bonds is 5. The van der Waals surface area contributed by atoms with E-state index in [1.165, 1.54) is 13.1 Å². The van der Waals surface area contributed by atoms with Crippen molar-refractivity contribution in [3.63, 3.8) is 0 Å². The highest BCUT2D eigenvalue weighted by Crippen LogP contribution is 2.24. The molecule has 32 heavy (non-hydrogen) atoms. The number of H-pyrrole nitrogens is 1. The third kappa shape index (κ3) is 4.59. The zero-order chi connectivity index (χ0) is 22.5. The van der Waals surface area contributed by atoms with Gasteiger partial charge in [-0.2, -0.15) is 10.2 Å². The van der Waals surface area contributed by atoms with Crippen LogP contribution in [0.15, 0.2) is 59.3 Å². The van der Waals surface area contributed by atoms with Crippen LogP contribution < -0.4 is 10.6 Å². The average molecular weight is 433 g/mol. The first-order valence-electron chi connectivity index (χ1n) is 9.39. The number of aliphatic imine (C=N–C) groups is 1. The van der Waals surface area contributed by atoms with E-state index in [1.54, 1.807) is 36.4 Å². The lowest BCUT2D eigenvalue weighted by Gasteiger charge is -2.10. The van der Waals surface area contributed by atoms with Crippen LogP contribution in [-0.4, -0.2) is 55.0 Å². The number of hydrogen-bond acceptors (Lipinski definition) is 9. The van der Waals surface area contributed by atoms with E-state index in [4.69, 9.17) is 0 Å². The predicted molar refractivity (Wildman–Crippen MR) is 113 cm³/mol. The second-order valence-electron chi connectivity index (χ2n) is 6.52. The molecule has 1 amide bonds. The summed E-state index contributed by atoms with van der Waals surface area (Å²) in [5.41, 5.74) is 1.51. The van der Waals surface area contributed by atoms with Crippen molar-refractivity contribution in [3.05, 3.63) is 60.1 Å². The summed E-state index contributed by atoms with van der Waals surface area (Å²) in [4.78, 5) is 36.2. The van der Waals surface area contributed by atoms with E-state index in [0.717, 1.165) is 6.20 Å². The van der Waals surface area contributed by atoms with Crippen LogP contribution in [0.25, 0.3) is 11.4 Å². The van der Waals surface area contributed by atoms with Gasteiger partial charge in [-0.25, -0.2) is 14.4 Å². The number of aromatic nitrogens is 6. The largest absolute Gasteiger partial charge is 0.356 e. The minimum Gasteiger partial charge on any atom is -0.356 e. The van der Waals surface area contributed by atoms with Gasteiger partial charge in [-0.15, -0.1) is 10.2 Å². The fourth-order valence-corrected chi connectivity index (χ4v) is 2.83. The van der Waals surface area contributed by atoms with Crippen molar-refractivity contribution in [2.24, 2.45) is 4.99 Å². The molecule has 0 fully saturated rings. The number of benzene rings is 1. The molecule has 0 saturated heterocycles. The van der Waals surface area contributed by atoms with E-state index in [-0.39, 0.29) is 29.5 Å². The number of ketones is 1. The second-order valence-corrected chi connectivity index (χ2v) is 6.52. The van der Waals surface area contributed by atoms with Crippen molar-refractivity contribution in [2.45, 2.75) is 6.42 Å². The van der Waals surface area contributed by atoms with Gasteiger partial charge >= 0.3 is 0 Å². The molecule has 0 saturated carbocycles. The summed E-state index contributed by atoms with van der Waals surface area (Å²) in [5.74, 6) is -1.37. The molecule has 160 valence electrons. The van der Waals surface area contributed by atoms with Crippen LogP contribution in [-0.2, 0) is 9.59 Å².